The second-order valence-electron chi connectivity index (χ2n) is 6.16. The molecule has 6 heteroatoms. The first-order chi connectivity index (χ1) is 13.0. The van der Waals surface area contributed by atoms with E-state index in [1.165, 1.54) is 12.1 Å². The van der Waals surface area contributed by atoms with Crippen molar-refractivity contribution in [2.45, 2.75) is 19.8 Å². The maximum absolute atomic E-state index is 13.4. The van der Waals surface area contributed by atoms with Gasteiger partial charge >= 0.3 is 0 Å². The minimum atomic E-state index is -0.361. The Kier molecular flexibility index (Phi) is 5.86. The fraction of sp³-hybridized carbons (Fsp3) is 0.238. The Labute approximate surface area is 157 Å². The van der Waals surface area contributed by atoms with Crippen LogP contribution in [-0.2, 0) is 17.6 Å². The van der Waals surface area contributed by atoms with Gasteiger partial charge in [-0.3, -0.25) is 4.79 Å². The first-order valence-electron chi connectivity index (χ1n) is 8.67. The third-order valence-electron chi connectivity index (χ3n) is 4.16. The van der Waals surface area contributed by atoms with Gasteiger partial charge in [0.2, 0.25) is 11.8 Å². The van der Waals surface area contributed by atoms with Crippen molar-refractivity contribution in [1.29, 1.82) is 0 Å². The average molecular weight is 368 g/mol. The van der Waals surface area contributed by atoms with Gasteiger partial charge in [-0.15, -0.1) is 0 Å². The highest BCUT2D eigenvalue weighted by Gasteiger charge is 2.15. The van der Waals surface area contributed by atoms with Crippen molar-refractivity contribution in [3.8, 4) is 17.2 Å². The minimum absolute atomic E-state index is 0.114. The van der Waals surface area contributed by atoms with E-state index in [-0.39, 0.29) is 18.1 Å². The SMILES string of the molecule is COc1cccc(CCNC(=O)Cc2nc(-c3cccc(F)c3)oc2C)c1. The lowest BCUT2D eigenvalue weighted by atomic mass is 10.1. The molecular weight excluding hydrogens is 347 g/mol. The molecule has 0 atom stereocenters. The first-order valence-corrected chi connectivity index (χ1v) is 8.67. The number of aryl methyl sites for hydroxylation is 1. The Morgan fingerprint density at radius 1 is 1.22 bits per heavy atom. The molecule has 0 saturated carbocycles. The zero-order chi connectivity index (χ0) is 19.2. The number of hydrogen-bond acceptors (Lipinski definition) is 4. The molecule has 0 aliphatic rings. The van der Waals surface area contributed by atoms with Crippen LogP contribution in [0.3, 0.4) is 0 Å². The summed E-state index contributed by atoms with van der Waals surface area (Å²) in [7, 11) is 1.62. The summed E-state index contributed by atoms with van der Waals surface area (Å²) in [5.41, 5.74) is 2.18. The summed E-state index contributed by atoms with van der Waals surface area (Å²) < 4.78 is 24.1. The molecule has 5 nitrogen and oxygen atoms in total. The zero-order valence-electron chi connectivity index (χ0n) is 15.3. The number of nitrogens with one attached hydrogen (secondary N) is 1. The first kappa shape index (κ1) is 18.6. The van der Waals surface area contributed by atoms with Gasteiger partial charge in [0.05, 0.1) is 19.2 Å². The lowest BCUT2D eigenvalue weighted by Crippen LogP contribution is -2.27. The van der Waals surface area contributed by atoms with E-state index in [0.717, 1.165) is 11.3 Å². The molecule has 0 unspecified atom stereocenters. The van der Waals surface area contributed by atoms with Crippen molar-refractivity contribution < 1.29 is 18.3 Å². The van der Waals surface area contributed by atoms with E-state index in [1.54, 1.807) is 26.2 Å². The summed E-state index contributed by atoms with van der Waals surface area (Å²) >= 11 is 0. The van der Waals surface area contributed by atoms with Crippen LogP contribution in [0.5, 0.6) is 5.75 Å². The quantitative estimate of drug-likeness (QED) is 0.691. The van der Waals surface area contributed by atoms with Gasteiger partial charge in [-0.25, -0.2) is 9.37 Å². The van der Waals surface area contributed by atoms with E-state index >= 15 is 0 Å². The molecule has 27 heavy (non-hydrogen) atoms. The number of carbonyl (C=O) groups is 1. The smallest absolute Gasteiger partial charge is 0.226 e. The molecule has 0 spiro atoms. The van der Waals surface area contributed by atoms with Crippen LogP contribution in [0, 0.1) is 12.7 Å². The Bertz CT molecular complexity index is 937. The molecule has 0 aliphatic carbocycles. The Balaban J connectivity index is 1.56. The van der Waals surface area contributed by atoms with E-state index in [9.17, 15) is 9.18 Å². The van der Waals surface area contributed by atoms with Crippen LogP contribution >= 0.6 is 0 Å². The monoisotopic (exact) mass is 368 g/mol. The number of carbonyl (C=O) groups excluding carboxylic acids is 1. The van der Waals surface area contributed by atoms with Gasteiger partial charge < -0.3 is 14.5 Å². The van der Waals surface area contributed by atoms with Gasteiger partial charge in [0, 0.05) is 12.1 Å². The molecule has 0 saturated heterocycles. The van der Waals surface area contributed by atoms with Crippen LogP contribution < -0.4 is 10.1 Å². The molecule has 140 valence electrons. The molecule has 0 radical (unpaired) electrons. The minimum Gasteiger partial charge on any atom is -0.497 e. The standard InChI is InChI=1S/C21H21FN2O3/c1-14-19(24-21(27-14)16-6-4-7-17(22)12-16)13-20(25)23-10-9-15-5-3-8-18(11-15)26-2/h3-8,11-12H,9-10,13H2,1-2H3,(H,23,25). The van der Waals surface area contributed by atoms with Gasteiger partial charge in [0.25, 0.3) is 0 Å². The van der Waals surface area contributed by atoms with Crippen LogP contribution in [0.1, 0.15) is 17.0 Å². The molecule has 1 heterocycles. The second-order valence-corrected chi connectivity index (χ2v) is 6.16. The molecule has 0 bridgehead atoms. The normalized spacial score (nSPS) is 10.6. The van der Waals surface area contributed by atoms with Crippen molar-refractivity contribution >= 4 is 5.91 Å². The molecule has 0 aliphatic heterocycles. The number of aromatic nitrogens is 1. The third-order valence-corrected chi connectivity index (χ3v) is 4.16. The van der Waals surface area contributed by atoms with Gasteiger partial charge in [-0.1, -0.05) is 18.2 Å². The summed E-state index contributed by atoms with van der Waals surface area (Å²) in [5.74, 6) is 1.16. The summed E-state index contributed by atoms with van der Waals surface area (Å²) in [4.78, 5) is 16.5. The molecule has 1 N–H and O–H groups in total. The number of benzene rings is 2. The van der Waals surface area contributed by atoms with Crippen molar-refractivity contribution in [2.24, 2.45) is 0 Å². The lowest BCUT2D eigenvalue weighted by Gasteiger charge is -2.06. The predicted molar refractivity (Wildman–Crippen MR) is 100 cm³/mol. The summed E-state index contributed by atoms with van der Waals surface area (Å²) in [6.07, 6.45) is 0.817. The number of amides is 1. The Hall–Kier alpha value is -3.15. The van der Waals surface area contributed by atoms with Crippen molar-refractivity contribution in [2.75, 3.05) is 13.7 Å². The molecule has 0 fully saturated rings. The summed E-state index contributed by atoms with van der Waals surface area (Å²) in [6, 6.07) is 13.7. The molecule has 1 aromatic heterocycles. The number of ether oxygens (including phenoxy) is 1. The highest BCUT2D eigenvalue weighted by Crippen LogP contribution is 2.22. The topological polar surface area (TPSA) is 64.4 Å². The van der Waals surface area contributed by atoms with Crippen LogP contribution in [0.2, 0.25) is 0 Å². The van der Waals surface area contributed by atoms with Gasteiger partial charge in [0.15, 0.2) is 0 Å². The zero-order valence-corrected chi connectivity index (χ0v) is 15.3. The summed E-state index contributed by atoms with van der Waals surface area (Å²) in [6.45, 7) is 2.26. The molecule has 3 aromatic rings. The van der Waals surface area contributed by atoms with Crippen LogP contribution in [0.15, 0.2) is 52.9 Å². The highest BCUT2D eigenvalue weighted by atomic mass is 19.1. The number of nitrogens with zero attached hydrogens (tertiary/aromatic N) is 1. The number of rotatable bonds is 7. The summed E-state index contributed by atoms with van der Waals surface area (Å²) in [5, 5.41) is 2.88. The van der Waals surface area contributed by atoms with Gasteiger partial charge in [-0.2, -0.15) is 0 Å². The van der Waals surface area contributed by atoms with E-state index in [2.05, 4.69) is 10.3 Å². The van der Waals surface area contributed by atoms with Crippen molar-refractivity contribution in [3.63, 3.8) is 0 Å². The largest absolute Gasteiger partial charge is 0.497 e. The predicted octanol–water partition coefficient (Wildman–Crippen LogP) is 3.70. The van der Waals surface area contributed by atoms with E-state index in [4.69, 9.17) is 9.15 Å². The molecule has 1 amide bonds. The maximum Gasteiger partial charge on any atom is 0.226 e. The van der Waals surface area contributed by atoms with E-state index < -0.39 is 0 Å². The van der Waals surface area contributed by atoms with E-state index in [1.807, 2.05) is 24.3 Å². The number of halogens is 1. The molecule has 2 aromatic carbocycles. The van der Waals surface area contributed by atoms with Crippen molar-refractivity contribution in [3.05, 3.63) is 71.4 Å². The maximum atomic E-state index is 13.4. The fourth-order valence-corrected chi connectivity index (χ4v) is 2.73. The molecular formula is C21H21FN2O3. The third kappa shape index (κ3) is 4.94. The van der Waals surface area contributed by atoms with Crippen molar-refractivity contribution in [1.82, 2.24) is 10.3 Å². The van der Waals surface area contributed by atoms with Crippen LogP contribution in [0.25, 0.3) is 11.5 Å². The van der Waals surface area contributed by atoms with Crippen LogP contribution in [-0.4, -0.2) is 24.5 Å². The second kappa shape index (κ2) is 8.49. The number of oxazole rings is 1. The number of methoxy groups -OCH3 is 1. The number of hydrogen-bond donors (Lipinski definition) is 1. The highest BCUT2D eigenvalue weighted by molar-refractivity contribution is 5.78. The molecule has 3 rings (SSSR count). The van der Waals surface area contributed by atoms with Gasteiger partial charge in [0.1, 0.15) is 17.3 Å². The van der Waals surface area contributed by atoms with Crippen LogP contribution in [0.4, 0.5) is 4.39 Å². The Morgan fingerprint density at radius 3 is 2.81 bits per heavy atom. The average Bonchev–Trinajstić information content (AvgIpc) is 3.02. The lowest BCUT2D eigenvalue weighted by molar-refractivity contribution is -0.120. The van der Waals surface area contributed by atoms with Gasteiger partial charge in [-0.05, 0) is 49.2 Å². The van der Waals surface area contributed by atoms with E-state index in [0.29, 0.717) is 35.9 Å². The Morgan fingerprint density at radius 2 is 2.04 bits per heavy atom. The fourth-order valence-electron chi connectivity index (χ4n) is 2.73.